The Kier molecular flexibility index (Phi) is 4.62. The quantitative estimate of drug-likeness (QED) is 0.759. The van der Waals surface area contributed by atoms with Gasteiger partial charge in [-0.1, -0.05) is 36.4 Å². The molecular weight excluding hydrogens is 383 g/mol. The first-order valence-electron chi connectivity index (χ1n) is 10.6. The number of carbonyl (C=O) groups is 2. The highest BCUT2D eigenvalue weighted by atomic mass is 19.1. The van der Waals surface area contributed by atoms with Crippen LogP contribution in [-0.2, 0) is 9.53 Å². The maximum absolute atomic E-state index is 14.2. The molecule has 0 bridgehead atoms. The van der Waals surface area contributed by atoms with E-state index >= 15 is 0 Å². The fourth-order valence-corrected chi connectivity index (χ4v) is 5.08. The number of fused-ring (bicyclic) bond motifs is 1. The van der Waals surface area contributed by atoms with Crippen molar-refractivity contribution in [2.75, 3.05) is 13.1 Å². The van der Waals surface area contributed by atoms with E-state index < -0.39 is 11.4 Å². The summed E-state index contributed by atoms with van der Waals surface area (Å²) in [5.41, 5.74) is 1.14. The zero-order valence-corrected chi connectivity index (χ0v) is 17.0. The van der Waals surface area contributed by atoms with E-state index in [0.717, 1.165) is 24.0 Å². The third-order valence-corrected chi connectivity index (χ3v) is 6.72. The van der Waals surface area contributed by atoms with Crippen LogP contribution in [0.2, 0.25) is 0 Å². The van der Waals surface area contributed by atoms with Crippen LogP contribution in [0.5, 0.6) is 0 Å². The third-order valence-electron chi connectivity index (χ3n) is 6.72. The van der Waals surface area contributed by atoms with E-state index in [-0.39, 0.29) is 29.6 Å². The number of benzene rings is 2. The number of ether oxygens (including phenoxy) is 1. The number of likely N-dealkylation sites (tertiary alicyclic amines) is 1. The molecule has 3 saturated heterocycles. The Bertz CT molecular complexity index is 985. The summed E-state index contributed by atoms with van der Waals surface area (Å²) >= 11 is 0. The fraction of sp³-hybridized carbons (Fsp3) is 0.417. The Morgan fingerprint density at radius 3 is 2.53 bits per heavy atom. The second kappa shape index (κ2) is 7.20. The van der Waals surface area contributed by atoms with Gasteiger partial charge in [0.05, 0.1) is 11.6 Å². The molecule has 6 heteroatoms. The Morgan fingerprint density at radius 1 is 1.10 bits per heavy atom. The Balaban J connectivity index is 1.30. The topological polar surface area (TPSA) is 49.9 Å². The molecule has 156 valence electrons. The molecule has 3 heterocycles. The summed E-state index contributed by atoms with van der Waals surface area (Å²) in [5, 5.41) is 0. The number of hydrogen-bond donors (Lipinski definition) is 0. The van der Waals surface area contributed by atoms with Crippen molar-refractivity contribution in [1.82, 2.24) is 9.80 Å². The molecule has 0 radical (unpaired) electrons. The summed E-state index contributed by atoms with van der Waals surface area (Å²) in [4.78, 5) is 29.8. The van der Waals surface area contributed by atoms with Crippen molar-refractivity contribution in [3.63, 3.8) is 0 Å². The van der Waals surface area contributed by atoms with E-state index in [1.165, 1.54) is 12.1 Å². The van der Waals surface area contributed by atoms with Crippen LogP contribution in [0.25, 0.3) is 0 Å². The van der Waals surface area contributed by atoms with Gasteiger partial charge in [0, 0.05) is 25.9 Å². The van der Waals surface area contributed by atoms with Crippen LogP contribution in [0.15, 0.2) is 48.5 Å². The van der Waals surface area contributed by atoms with Crippen molar-refractivity contribution in [3.8, 4) is 0 Å². The Morgan fingerprint density at radius 2 is 1.83 bits per heavy atom. The van der Waals surface area contributed by atoms with Gasteiger partial charge in [0.15, 0.2) is 5.60 Å². The van der Waals surface area contributed by atoms with Crippen LogP contribution < -0.4 is 0 Å². The van der Waals surface area contributed by atoms with E-state index in [0.29, 0.717) is 25.9 Å². The molecule has 30 heavy (non-hydrogen) atoms. The van der Waals surface area contributed by atoms with Gasteiger partial charge in [0.1, 0.15) is 12.0 Å². The number of halogens is 1. The van der Waals surface area contributed by atoms with Crippen molar-refractivity contribution in [2.45, 2.75) is 50.5 Å². The van der Waals surface area contributed by atoms with Gasteiger partial charge in [-0.15, -0.1) is 0 Å². The lowest BCUT2D eigenvalue weighted by atomic mass is 9.89. The summed E-state index contributed by atoms with van der Waals surface area (Å²) in [6, 6.07) is 14.8. The van der Waals surface area contributed by atoms with E-state index in [1.54, 1.807) is 17.9 Å². The molecule has 2 atom stereocenters. The van der Waals surface area contributed by atoms with Crippen LogP contribution in [0, 0.1) is 12.7 Å². The SMILES string of the molecule is Cc1ccc(C(=O)N2CCC3(CC2)O[C@@H]2CC[C@@H](c4ccccc4)N2C3=O)c(F)c1. The molecule has 0 aliphatic carbocycles. The smallest absolute Gasteiger partial charge is 0.257 e. The Labute approximate surface area is 175 Å². The van der Waals surface area contributed by atoms with Gasteiger partial charge in [0.25, 0.3) is 11.8 Å². The minimum Gasteiger partial charge on any atom is -0.342 e. The van der Waals surface area contributed by atoms with Gasteiger partial charge >= 0.3 is 0 Å². The molecule has 1 spiro atoms. The molecule has 5 rings (SSSR count). The van der Waals surface area contributed by atoms with Gasteiger partial charge in [-0.25, -0.2) is 4.39 Å². The summed E-state index contributed by atoms with van der Waals surface area (Å²) < 4.78 is 20.6. The number of nitrogens with zero attached hydrogens (tertiary/aromatic N) is 2. The average Bonchev–Trinajstić information content (AvgIpc) is 3.27. The predicted octanol–water partition coefficient (Wildman–Crippen LogP) is 3.83. The van der Waals surface area contributed by atoms with Crippen molar-refractivity contribution >= 4 is 11.8 Å². The molecule has 3 fully saturated rings. The summed E-state index contributed by atoms with van der Waals surface area (Å²) in [7, 11) is 0. The van der Waals surface area contributed by atoms with Crippen LogP contribution in [0.1, 0.15) is 53.2 Å². The zero-order valence-electron chi connectivity index (χ0n) is 17.0. The largest absolute Gasteiger partial charge is 0.342 e. The summed E-state index contributed by atoms with van der Waals surface area (Å²) in [5.74, 6) is -0.789. The fourth-order valence-electron chi connectivity index (χ4n) is 5.08. The lowest BCUT2D eigenvalue weighted by Gasteiger charge is -2.37. The maximum Gasteiger partial charge on any atom is 0.257 e. The van der Waals surface area contributed by atoms with Gasteiger partial charge in [-0.3, -0.25) is 9.59 Å². The normalized spacial score (nSPS) is 25.1. The van der Waals surface area contributed by atoms with Crippen molar-refractivity contribution in [3.05, 3.63) is 71.0 Å². The maximum atomic E-state index is 14.2. The average molecular weight is 408 g/mol. The van der Waals surface area contributed by atoms with Crippen LogP contribution in [-0.4, -0.2) is 46.5 Å². The summed E-state index contributed by atoms with van der Waals surface area (Å²) in [6.45, 7) is 2.56. The van der Waals surface area contributed by atoms with Gasteiger partial charge in [-0.05, 0) is 43.0 Å². The molecule has 3 aliphatic heterocycles. The Hall–Kier alpha value is -2.73. The second-order valence-corrected chi connectivity index (χ2v) is 8.56. The number of aryl methyl sites for hydroxylation is 1. The van der Waals surface area contributed by atoms with Crippen LogP contribution in [0.3, 0.4) is 0 Å². The molecule has 0 aromatic heterocycles. The van der Waals surface area contributed by atoms with Gasteiger partial charge in [-0.2, -0.15) is 0 Å². The third kappa shape index (κ3) is 3.01. The number of piperidine rings is 1. The lowest BCUT2D eigenvalue weighted by Crippen LogP contribution is -2.51. The molecule has 0 saturated carbocycles. The number of rotatable bonds is 2. The summed E-state index contributed by atoms with van der Waals surface area (Å²) in [6.07, 6.45) is 2.41. The zero-order chi connectivity index (χ0) is 20.9. The minimum absolute atomic E-state index is 0.0347. The van der Waals surface area contributed by atoms with Gasteiger partial charge in [0.2, 0.25) is 0 Å². The second-order valence-electron chi connectivity index (χ2n) is 8.56. The first-order valence-corrected chi connectivity index (χ1v) is 10.6. The van der Waals surface area contributed by atoms with Gasteiger partial charge < -0.3 is 14.5 Å². The highest BCUT2D eigenvalue weighted by molar-refractivity contribution is 5.95. The van der Waals surface area contributed by atoms with E-state index in [9.17, 15) is 14.0 Å². The lowest BCUT2D eigenvalue weighted by molar-refractivity contribution is -0.142. The molecule has 0 N–H and O–H groups in total. The highest BCUT2D eigenvalue weighted by Gasteiger charge is 2.58. The van der Waals surface area contributed by atoms with Crippen molar-refractivity contribution < 1.29 is 18.7 Å². The molecule has 2 aromatic carbocycles. The molecule has 3 aliphatic rings. The molecule has 2 aromatic rings. The van der Waals surface area contributed by atoms with Crippen molar-refractivity contribution in [1.29, 1.82) is 0 Å². The number of hydrogen-bond acceptors (Lipinski definition) is 3. The standard InChI is InChI=1S/C24H25FN2O3/c1-16-7-8-18(19(25)15-16)22(28)26-13-11-24(12-14-26)23(29)27-20(9-10-21(27)30-24)17-5-3-2-4-6-17/h2-8,15,20-21H,9-14H2,1H3/t20-,21+/m0/s1. The van der Waals surface area contributed by atoms with Crippen molar-refractivity contribution in [2.24, 2.45) is 0 Å². The van der Waals surface area contributed by atoms with Crippen LogP contribution >= 0.6 is 0 Å². The molecular formula is C24H25FN2O3. The predicted molar refractivity (Wildman–Crippen MR) is 109 cm³/mol. The number of carbonyl (C=O) groups excluding carboxylic acids is 2. The van der Waals surface area contributed by atoms with Crippen LogP contribution in [0.4, 0.5) is 4.39 Å². The molecule has 0 unspecified atom stereocenters. The van der Waals surface area contributed by atoms with E-state index in [2.05, 4.69) is 12.1 Å². The van der Waals surface area contributed by atoms with E-state index in [4.69, 9.17) is 4.74 Å². The molecule has 5 nitrogen and oxygen atoms in total. The highest BCUT2D eigenvalue weighted by Crippen LogP contribution is 2.47. The first-order chi connectivity index (χ1) is 14.5. The van der Waals surface area contributed by atoms with E-state index in [1.807, 2.05) is 23.1 Å². The first kappa shape index (κ1) is 19.2. The monoisotopic (exact) mass is 408 g/mol. The minimum atomic E-state index is -0.860. The molecule has 2 amide bonds. The number of amides is 2.